The van der Waals surface area contributed by atoms with Gasteiger partial charge in [-0.3, -0.25) is 4.72 Å². The molecule has 0 aliphatic heterocycles. The molecule has 1 heterocycles. The molecule has 1 aromatic carbocycles. The summed E-state index contributed by atoms with van der Waals surface area (Å²) in [4.78, 5) is 4.03. The molecule has 0 spiro atoms. The molecule has 0 saturated carbocycles. The monoisotopic (exact) mass is 390 g/mol. The van der Waals surface area contributed by atoms with E-state index in [2.05, 4.69) is 25.6 Å². The van der Waals surface area contributed by atoms with E-state index in [4.69, 9.17) is 16.7 Å². The van der Waals surface area contributed by atoms with Gasteiger partial charge in [0, 0.05) is 4.47 Å². The number of benzene rings is 1. The molecule has 2 rings (SSSR count). The first-order valence-corrected chi connectivity index (χ1v) is 8.54. The first-order chi connectivity index (χ1) is 9.83. The molecule has 2 aromatic rings. The number of anilines is 1. The van der Waals surface area contributed by atoms with Crippen LogP contribution < -0.4 is 4.72 Å². The third-order valence-electron chi connectivity index (χ3n) is 2.73. The Morgan fingerprint density at radius 1 is 1.33 bits per heavy atom. The molecule has 112 valence electrons. The molecule has 0 unspecified atom stereocenters. The van der Waals surface area contributed by atoms with E-state index < -0.39 is 10.0 Å². The second-order valence-corrected chi connectivity index (χ2v) is 7.20. The molecule has 1 aromatic heterocycles. The number of sulfonamides is 1. The predicted molar refractivity (Wildman–Crippen MR) is 84.9 cm³/mol. The lowest BCUT2D eigenvalue weighted by Crippen LogP contribution is -2.15. The quantitative estimate of drug-likeness (QED) is 0.839. The van der Waals surface area contributed by atoms with Crippen molar-refractivity contribution in [2.45, 2.75) is 18.4 Å². The second kappa shape index (κ2) is 6.31. The SMILES string of the molecule is Cc1nc(NS(=O)(=O)c2cc(CO)ccc2Cl)ccc1Br. The standard InChI is InChI=1S/C13H12BrClN2O3S/c1-8-10(14)3-5-13(16-8)17-21(19,20)12-6-9(7-18)2-4-11(12)15/h2-6,18H,7H2,1H3,(H,16,17). The van der Waals surface area contributed by atoms with Crippen molar-refractivity contribution < 1.29 is 13.5 Å². The fourth-order valence-corrected chi connectivity index (χ4v) is 3.42. The highest BCUT2D eigenvalue weighted by Gasteiger charge is 2.19. The first kappa shape index (κ1) is 16.2. The Labute approximate surface area is 136 Å². The number of nitrogens with one attached hydrogen (secondary N) is 1. The Balaban J connectivity index is 2.40. The van der Waals surface area contributed by atoms with Gasteiger partial charge < -0.3 is 5.11 Å². The fraction of sp³-hybridized carbons (Fsp3) is 0.154. The van der Waals surface area contributed by atoms with E-state index in [-0.39, 0.29) is 22.3 Å². The minimum Gasteiger partial charge on any atom is -0.392 e. The van der Waals surface area contributed by atoms with E-state index in [0.717, 1.165) is 4.47 Å². The van der Waals surface area contributed by atoms with E-state index >= 15 is 0 Å². The van der Waals surface area contributed by atoms with Crippen LogP contribution in [0.1, 0.15) is 11.3 Å². The zero-order valence-electron chi connectivity index (χ0n) is 11.0. The summed E-state index contributed by atoms with van der Waals surface area (Å²) >= 11 is 9.23. The Hall–Kier alpha value is -1.15. The molecule has 0 saturated heterocycles. The molecule has 0 bridgehead atoms. The van der Waals surface area contributed by atoms with E-state index in [0.29, 0.717) is 11.3 Å². The van der Waals surface area contributed by atoms with E-state index in [9.17, 15) is 8.42 Å². The fourth-order valence-electron chi connectivity index (χ4n) is 1.65. The van der Waals surface area contributed by atoms with Gasteiger partial charge in [0.15, 0.2) is 0 Å². The predicted octanol–water partition coefficient (Wildman–Crippen LogP) is 3.10. The lowest BCUT2D eigenvalue weighted by atomic mass is 10.2. The molecule has 5 nitrogen and oxygen atoms in total. The van der Waals surface area contributed by atoms with Gasteiger partial charge in [-0.2, -0.15) is 0 Å². The smallest absolute Gasteiger partial charge is 0.264 e. The van der Waals surface area contributed by atoms with Crippen LogP contribution in [0.3, 0.4) is 0 Å². The van der Waals surface area contributed by atoms with Crippen molar-refractivity contribution in [1.29, 1.82) is 0 Å². The van der Waals surface area contributed by atoms with Gasteiger partial charge in [-0.1, -0.05) is 17.7 Å². The third-order valence-corrected chi connectivity index (χ3v) is 5.40. The number of aryl methyl sites for hydroxylation is 1. The van der Waals surface area contributed by atoms with Crippen LogP contribution in [0.25, 0.3) is 0 Å². The lowest BCUT2D eigenvalue weighted by molar-refractivity contribution is 0.281. The van der Waals surface area contributed by atoms with Gasteiger partial charge >= 0.3 is 0 Å². The van der Waals surface area contributed by atoms with Crippen molar-refractivity contribution in [2.75, 3.05) is 4.72 Å². The van der Waals surface area contributed by atoms with Crippen LogP contribution in [-0.4, -0.2) is 18.5 Å². The van der Waals surface area contributed by atoms with Gasteiger partial charge in [0.1, 0.15) is 10.7 Å². The summed E-state index contributed by atoms with van der Waals surface area (Å²) in [5.74, 6) is 0.196. The van der Waals surface area contributed by atoms with Gasteiger partial charge in [-0.15, -0.1) is 0 Å². The number of aromatic nitrogens is 1. The maximum Gasteiger partial charge on any atom is 0.264 e. The molecule has 0 fully saturated rings. The number of rotatable bonds is 4. The molecular formula is C13H12BrClN2O3S. The number of hydrogen-bond donors (Lipinski definition) is 2. The third kappa shape index (κ3) is 3.74. The van der Waals surface area contributed by atoms with Crippen LogP contribution in [0.15, 0.2) is 39.7 Å². The van der Waals surface area contributed by atoms with E-state index in [1.807, 2.05) is 0 Å². The minimum absolute atomic E-state index is 0.0773. The number of pyridine rings is 1. The van der Waals surface area contributed by atoms with Gasteiger partial charge in [0.2, 0.25) is 0 Å². The molecular weight excluding hydrogens is 380 g/mol. The molecule has 8 heteroatoms. The summed E-state index contributed by atoms with van der Waals surface area (Å²) in [6, 6.07) is 7.56. The molecule has 0 aliphatic rings. The van der Waals surface area contributed by atoms with E-state index in [1.54, 1.807) is 25.1 Å². The zero-order chi connectivity index (χ0) is 15.6. The van der Waals surface area contributed by atoms with Crippen molar-refractivity contribution in [3.63, 3.8) is 0 Å². The maximum atomic E-state index is 12.4. The molecule has 21 heavy (non-hydrogen) atoms. The van der Waals surface area contributed by atoms with Gasteiger partial charge in [0.25, 0.3) is 10.0 Å². The zero-order valence-corrected chi connectivity index (χ0v) is 14.1. The maximum absolute atomic E-state index is 12.4. The van der Waals surface area contributed by atoms with E-state index in [1.165, 1.54) is 12.1 Å². The lowest BCUT2D eigenvalue weighted by Gasteiger charge is -2.10. The Bertz CT molecular complexity index is 781. The molecule has 2 N–H and O–H groups in total. The normalized spacial score (nSPS) is 11.4. The summed E-state index contributed by atoms with van der Waals surface area (Å²) in [6.07, 6.45) is 0. The van der Waals surface area contributed by atoms with Crippen molar-refractivity contribution in [3.05, 3.63) is 51.1 Å². The number of aliphatic hydroxyl groups excluding tert-OH is 1. The van der Waals surface area contributed by atoms with Crippen molar-refractivity contribution in [3.8, 4) is 0 Å². The molecule has 0 radical (unpaired) electrons. The summed E-state index contributed by atoms with van der Waals surface area (Å²) < 4.78 is 27.9. The van der Waals surface area contributed by atoms with Crippen LogP contribution in [0, 0.1) is 6.92 Å². The van der Waals surface area contributed by atoms with Crippen molar-refractivity contribution in [1.82, 2.24) is 4.98 Å². The van der Waals surface area contributed by atoms with Gasteiger partial charge in [0.05, 0.1) is 17.3 Å². The highest BCUT2D eigenvalue weighted by molar-refractivity contribution is 9.10. The van der Waals surface area contributed by atoms with Crippen LogP contribution in [0.4, 0.5) is 5.82 Å². The van der Waals surface area contributed by atoms with Crippen LogP contribution in [-0.2, 0) is 16.6 Å². The van der Waals surface area contributed by atoms with Crippen molar-refractivity contribution in [2.24, 2.45) is 0 Å². The highest BCUT2D eigenvalue weighted by atomic mass is 79.9. The highest BCUT2D eigenvalue weighted by Crippen LogP contribution is 2.25. The molecule has 0 atom stereocenters. The summed E-state index contributed by atoms with van der Waals surface area (Å²) in [5.41, 5.74) is 1.12. The first-order valence-electron chi connectivity index (χ1n) is 5.89. The summed E-state index contributed by atoms with van der Waals surface area (Å²) in [6.45, 7) is 1.48. The van der Waals surface area contributed by atoms with Crippen LogP contribution in [0.5, 0.6) is 0 Å². The molecule has 0 amide bonds. The summed E-state index contributed by atoms with van der Waals surface area (Å²) in [5, 5.41) is 9.18. The van der Waals surface area contributed by atoms with Crippen molar-refractivity contribution >= 4 is 43.4 Å². The molecule has 0 aliphatic carbocycles. The Kier molecular flexibility index (Phi) is 4.88. The average molecular weight is 392 g/mol. The number of halogens is 2. The second-order valence-electron chi connectivity index (χ2n) is 4.29. The largest absolute Gasteiger partial charge is 0.392 e. The topological polar surface area (TPSA) is 79.3 Å². The number of aliphatic hydroxyl groups is 1. The van der Waals surface area contributed by atoms with Crippen LogP contribution in [0.2, 0.25) is 5.02 Å². The Morgan fingerprint density at radius 2 is 2.05 bits per heavy atom. The number of hydrogen-bond acceptors (Lipinski definition) is 4. The van der Waals surface area contributed by atoms with Gasteiger partial charge in [-0.05, 0) is 52.7 Å². The Morgan fingerprint density at radius 3 is 2.67 bits per heavy atom. The number of nitrogens with zero attached hydrogens (tertiary/aromatic N) is 1. The van der Waals surface area contributed by atoms with Crippen LogP contribution >= 0.6 is 27.5 Å². The summed E-state index contributed by atoms with van der Waals surface area (Å²) in [7, 11) is -3.88. The van der Waals surface area contributed by atoms with Gasteiger partial charge in [-0.25, -0.2) is 13.4 Å². The average Bonchev–Trinajstić information content (AvgIpc) is 2.43. The minimum atomic E-state index is -3.88.